The molecule has 2 heteroatoms. The zero-order chi connectivity index (χ0) is 7.07. The topological polar surface area (TPSA) is 31.5 Å². The van der Waals surface area contributed by atoms with E-state index in [2.05, 4.69) is 24.3 Å². The predicted molar refractivity (Wildman–Crippen MR) is 46.8 cm³/mol. The van der Waals surface area contributed by atoms with Crippen molar-refractivity contribution in [3.8, 4) is 0 Å². The number of allylic oxidation sites excluding steroid dienone is 8. The minimum absolute atomic E-state index is 0. The number of hydrogen-bond donors (Lipinski definition) is 0. The van der Waals surface area contributed by atoms with Crippen molar-refractivity contribution in [3.05, 3.63) is 48.6 Å². The molecule has 12 heavy (non-hydrogen) atoms. The molecule has 2 aliphatic rings. The summed E-state index contributed by atoms with van der Waals surface area (Å²) in [6, 6.07) is 0. The summed E-state index contributed by atoms with van der Waals surface area (Å²) >= 11 is 0. The molecule has 0 saturated carbocycles. The van der Waals surface area contributed by atoms with Crippen molar-refractivity contribution in [3.63, 3.8) is 0 Å². The molecule has 0 saturated heterocycles. The van der Waals surface area contributed by atoms with Crippen molar-refractivity contribution >= 4 is 0 Å². The van der Waals surface area contributed by atoms with Crippen LogP contribution >= 0.6 is 0 Å². The van der Waals surface area contributed by atoms with Crippen LogP contribution in [-0.4, -0.2) is 5.48 Å². The molecular weight excluding hydrogens is 195 g/mol. The van der Waals surface area contributed by atoms with E-state index in [1.165, 1.54) is 0 Å². The Kier molecular flexibility index (Phi) is 12.1. The van der Waals surface area contributed by atoms with Gasteiger partial charge in [0.05, 0.1) is 0 Å². The van der Waals surface area contributed by atoms with E-state index in [0.29, 0.717) is 0 Å². The van der Waals surface area contributed by atoms with Gasteiger partial charge in [-0.25, -0.2) is 24.3 Å². The first-order valence-corrected chi connectivity index (χ1v) is 3.43. The maximum Gasteiger partial charge on any atom is 2.00 e. The Morgan fingerprint density at radius 1 is 0.833 bits per heavy atom. The van der Waals surface area contributed by atoms with Crippen molar-refractivity contribution in [1.82, 2.24) is 0 Å². The summed E-state index contributed by atoms with van der Waals surface area (Å²) in [4.78, 5) is 0. The van der Waals surface area contributed by atoms with Gasteiger partial charge in [-0.15, -0.1) is 12.8 Å². The fourth-order valence-electron chi connectivity index (χ4n) is 0.680. The van der Waals surface area contributed by atoms with Crippen LogP contribution < -0.4 is 0 Å². The van der Waals surface area contributed by atoms with Gasteiger partial charge in [-0.2, -0.15) is 12.2 Å². The second-order valence-electron chi connectivity index (χ2n) is 2.01. The van der Waals surface area contributed by atoms with Crippen molar-refractivity contribution in [2.75, 3.05) is 0 Å². The van der Waals surface area contributed by atoms with Crippen molar-refractivity contribution in [2.45, 2.75) is 12.8 Å². The summed E-state index contributed by atoms with van der Waals surface area (Å²) in [5.74, 6) is 0. The van der Waals surface area contributed by atoms with Crippen LogP contribution in [0, 0.1) is 12.2 Å². The van der Waals surface area contributed by atoms with Gasteiger partial charge in [0.1, 0.15) is 0 Å². The molecular formula is C10H12CoO. The van der Waals surface area contributed by atoms with Crippen molar-refractivity contribution < 1.29 is 22.3 Å². The minimum Gasteiger partial charge on any atom is -0.412 e. The Bertz CT molecular complexity index is 148. The van der Waals surface area contributed by atoms with Crippen LogP contribution in [0.3, 0.4) is 0 Å². The third-order valence-corrected chi connectivity index (χ3v) is 1.17. The number of rotatable bonds is 0. The summed E-state index contributed by atoms with van der Waals surface area (Å²) in [7, 11) is 0. The zero-order valence-electron chi connectivity index (χ0n) is 6.71. The van der Waals surface area contributed by atoms with Crippen LogP contribution in [0.2, 0.25) is 0 Å². The van der Waals surface area contributed by atoms with Crippen LogP contribution in [-0.2, 0) is 16.8 Å². The van der Waals surface area contributed by atoms with E-state index in [0.717, 1.165) is 12.8 Å². The molecule has 0 heterocycles. The smallest absolute Gasteiger partial charge is 0.412 e. The van der Waals surface area contributed by atoms with Crippen LogP contribution in [0.1, 0.15) is 12.8 Å². The first kappa shape index (κ1) is 14.0. The molecule has 0 aromatic heterocycles. The average Bonchev–Trinajstić information content (AvgIpc) is 2.67. The molecule has 0 fully saturated rings. The predicted octanol–water partition coefficient (Wildman–Crippen LogP) is 1.78. The van der Waals surface area contributed by atoms with Gasteiger partial charge in [-0.3, -0.25) is 12.2 Å². The molecule has 0 aromatic rings. The van der Waals surface area contributed by atoms with E-state index < -0.39 is 0 Å². The molecule has 0 atom stereocenters. The molecule has 2 aliphatic carbocycles. The first-order valence-electron chi connectivity index (χ1n) is 3.43. The van der Waals surface area contributed by atoms with E-state index in [1.807, 2.05) is 24.3 Å². The molecule has 0 amide bonds. The third-order valence-electron chi connectivity index (χ3n) is 1.17. The molecule has 0 unspecified atom stereocenters. The Hall–Kier alpha value is -0.574. The van der Waals surface area contributed by atoms with E-state index in [9.17, 15) is 0 Å². The Morgan fingerprint density at radius 3 is 1.33 bits per heavy atom. The molecule has 0 bridgehead atoms. The monoisotopic (exact) mass is 207 g/mol. The summed E-state index contributed by atoms with van der Waals surface area (Å²) < 4.78 is 0. The summed E-state index contributed by atoms with van der Waals surface area (Å²) in [6.07, 6.45) is 20.0. The Labute approximate surface area is 84.1 Å². The fraction of sp³-hybridized carbons (Fsp3) is 0.200. The summed E-state index contributed by atoms with van der Waals surface area (Å²) in [6.45, 7) is 0. The molecule has 0 aliphatic heterocycles. The zero-order valence-corrected chi connectivity index (χ0v) is 7.75. The Morgan fingerprint density at radius 2 is 1.25 bits per heavy atom. The van der Waals surface area contributed by atoms with Gasteiger partial charge in [-0.1, -0.05) is 0 Å². The minimum atomic E-state index is 0. The SMILES string of the molecule is O.[C-]1=CC=CC1.[C-]1=CC=CC1.[Co+2]. The molecule has 0 spiro atoms. The van der Waals surface area contributed by atoms with Crippen LogP contribution in [0.4, 0.5) is 0 Å². The summed E-state index contributed by atoms with van der Waals surface area (Å²) in [5, 5.41) is 0. The van der Waals surface area contributed by atoms with Crippen LogP contribution in [0.15, 0.2) is 36.5 Å². The van der Waals surface area contributed by atoms with Gasteiger partial charge in [0.25, 0.3) is 0 Å². The van der Waals surface area contributed by atoms with Crippen molar-refractivity contribution in [1.29, 1.82) is 0 Å². The maximum absolute atomic E-state index is 2.99. The molecule has 2 N–H and O–H groups in total. The van der Waals surface area contributed by atoms with Crippen LogP contribution in [0.25, 0.3) is 0 Å². The fourth-order valence-corrected chi connectivity index (χ4v) is 0.680. The molecule has 1 radical (unpaired) electrons. The first-order chi connectivity index (χ1) is 5.00. The normalized spacial score (nSPS) is 14.7. The van der Waals surface area contributed by atoms with Crippen LogP contribution in [0.5, 0.6) is 0 Å². The van der Waals surface area contributed by atoms with Gasteiger partial charge in [0.15, 0.2) is 0 Å². The summed E-state index contributed by atoms with van der Waals surface area (Å²) in [5.41, 5.74) is 0. The van der Waals surface area contributed by atoms with Gasteiger partial charge < -0.3 is 5.48 Å². The van der Waals surface area contributed by atoms with E-state index in [1.54, 1.807) is 0 Å². The quantitative estimate of drug-likeness (QED) is 0.542. The second-order valence-corrected chi connectivity index (χ2v) is 2.01. The maximum atomic E-state index is 2.99. The van der Waals surface area contributed by atoms with Gasteiger partial charge >= 0.3 is 16.8 Å². The largest absolute Gasteiger partial charge is 2.00 e. The standard InChI is InChI=1S/2C5H5.Co.H2O/c2*1-2-4-5-3-1;;/h2*1-3H,4H2;;1H2/q2*-1;+2;. The molecule has 67 valence electrons. The van der Waals surface area contributed by atoms with E-state index in [4.69, 9.17) is 0 Å². The number of hydrogen-bond acceptors (Lipinski definition) is 0. The third kappa shape index (κ3) is 7.53. The van der Waals surface area contributed by atoms with E-state index in [-0.39, 0.29) is 22.3 Å². The average molecular weight is 207 g/mol. The molecule has 2 rings (SSSR count). The van der Waals surface area contributed by atoms with E-state index >= 15 is 0 Å². The molecule has 1 nitrogen and oxygen atoms in total. The second kappa shape index (κ2) is 10.4. The van der Waals surface area contributed by atoms with Gasteiger partial charge in [0.2, 0.25) is 0 Å². The van der Waals surface area contributed by atoms with Crippen molar-refractivity contribution in [2.24, 2.45) is 0 Å². The van der Waals surface area contributed by atoms with Gasteiger partial charge in [0, 0.05) is 0 Å². The molecule has 0 aromatic carbocycles. The Balaban J connectivity index is 0. The van der Waals surface area contributed by atoms with Gasteiger partial charge in [-0.05, 0) is 0 Å².